The lowest BCUT2D eigenvalue weighted by Crippen LogP contribution is -2.42. The quantitative estimate of drug-likeness (QED) is 0.864. The van der Waals surface area contributed by atoms with Crippen LogP contribution in [0.3, 0.4) is 0 Å². The fraction of sp³-hybridized carbons (Fsp3) is 0.647. The van der Waals surface area contributed by atoms with Crippen LogP contribution in [-0.4, -0.2) is 49.8 Å². The first-order valence-electron chi connectivity index (χ1n) is 8.51. The number of pyridine rings is 1. The van der Waals surface area contributed by atoms with Crippen molar-refractivity contribution in [3.63, 3.8) is 0 Å². The Bertz CT molecular complexity index is 531. The number of morpholine rings is 1. The molecule has 23 heavy (non-hydrogen) atoms. The average molecular weight is 318 g/mol. The maximum Gasteiger partial charge on any atom is 0.223 e. The lowest BCUT2D eigenvalue weighted by Gasteiger charge is -2.28. The van der Waals surface area contributed by atoms with Crippen LogP contribution in [0.25, 0.3) is 0 Å². The van der Waals surface area contributed by atoms with Gasteiger partial charge in [0.15, 0.2) is 0 Å². The van der Waals surface area contributed by atoms with Crippen molar-refractivity contribution in [3.05, 3.63) is 23.9 Å². The molecule has 0 aromatic carbocycles. The van der Waals surface area contributed by atoms with E-state index in [0.717, 1.165) is 57.1 Å². The lowest BCUT2D eigenvalue weighted by atomic mass is 9.92. The summed E-state index contributed by atoms with van der Waals surface area (Å²) in [4.78, 5) is 19.0. The molecule has 3 rings (SSSR count). The SMILES string of the molecule is C[C@H]1C[C@@H](C(=O)NCc2ccnc(N3CCOCC3)c2)CCN1. The minimum atomic E-state index is 0.131. The summed E-state index contributed by atoms with van der Waals surface area (Å²) >= 11 is 0. The van der Waals surface area contributed by atoms with Gasteiger partial charge < -0.3 is 20.3 Å². The van der Waals surface area contributed by atoms with Crippen LogP contribution in [0.2, 0.25) is 0 Å². The first-order valence-corrected chi connectivity index (χ1v) is 8.51. The smallest absolute Gasteiger partial charge is 0.223 e. The number of piperidine rings is 1. The van der Waals surface area contributed by atoms with Gasteiger partial charge >= 0.3 is 0 Å². The summed E-state index contributed by atoms with van der Waals surface area (Å²) in [5, 5.41) is 6.46. The molecule has 2 aliphatic heterocycles. The van der Waals surface area contributed by atoms with Gasteiger partial charge in [-0.15, -0.1) is 0 Å². The predicted molar refractivity (Wildman–Crippen MR) is 89.3 cm³/mol. The lowest BCUT2D eigenvalue weighted by molar-refractivity contribution is -0.126. The van der Waals surface area contributed by atoms with Gasteiger partial charge in [-0.3, -0.25) is 4.79 Å². The summed E-state index contributed by atoms with van der Waals surface area (Å²) in [5.41, 5.74) is 1.09. The van der Waals surface area contributed by atoms with Crippen LogP contribution in [0.5, 0.6) is 0 Å². The number of anilines is 1. The maximum absolute atomic E-state index is 12.3. The molecule has 2 saturated heterocycles. The molecule has 0 radical (unpaired) electrons. The molecule has 3 heterocycles. The van der Waals surface area contributed by atoms with Crippen molar-refractivity contribution < 1.29 is 9.53 Å². The van der Waals surface area contributed by atoms with Gasteiger partial charge in [-0.25, -0.2) is 4.98 Å². The second-order valence-electron chi connectivity index (χ2n) is 6.42. The summed E-state index contributed by atoms with van der Waals surface area (Å²) in [6, 6.07) is 4.46. The highest BCUT2D eigenvalue weighted by molar-refractivity contribution is 5.78. The van der Waals surface area contributed by atoms with Gasteiger partial charge in [0.1, 0.15) is 5.82 Å². The van der Waals surface area contributed by atoms with Gasteiger partial charge in [0.05, 0.1) is 13.2 Å². The Balaban J connectivity index is 1.54. The second kappa shape index (κ2) is 7.75. The van der Waals surface area contributed by atoms with E-state index >= 15 is 0 Å². The minimum absolute atomic E-state index is 0.131. The van der Waals surface area contributed by atoms with Crippen LogP contribution in [-0.2, 0) is 16.1 Å². The number of nitrogens with one attached hydrogen (secondary N) is 2. The normalized spacial score (nSPS) is 25.2. The molecular weight excluding hydrogens is 292 g/mol. The van der Waals surface area contributed by atoms with E-state index in [4.69, 9.17) is 4.74 Å². The van der Waals surface area contributed by atoms with Crippen molar-refractivity contribution >= 4 is 11.7 Å². The van der Waals surface area contributed by atoms with Crippen molar-refractivity contribution in [2.45, 2.75) is 32.4 Å². The molecule has 0 saturated carbocycles. The van der Waals surface area contributed by atoms with Crippen molar-refractivity contribution in [2.75, 3.05) is 37.7 Å². The van der Waals surface area contributed by atoms with Gasteiger partial charge in [0, 0.05) is 37.8 Å². The zero-order valence-electron chi connectivity index (χ0n) is 13.8. The van der Waals surface area contributed by atoms with Gasteiger partial charge in [0.25, 0.3) is 0 Å². The third kappa shape index (κ3) is 4.42. The highest BCUT2D eigenvalue weighted by atomic mass is 16.5. The standard InChI is InChI=1S/C17H26N4O2/c1-13-10-15(3-5-18-13)17(22)20-12-14-2-4-19-16(11-14)21-6-8-23-9-7-21/h2,4,11,13,15,18H,3,5-10,12H2,1H3,(H,20,22)/t13-,15-/m0/s1. The van der Waals surface area contributed by atoms with Crippen LogP contribution in [0.15, 0.2) is 18.3 Å². The number of ether oxygens (including phenoxy) is 1. The molecule has 0 spiro atoms. The van der Waals surface area contributed by atoms with Crippen LogP contribution in [0, 0.1) is 5.92 Å². The molecule has 0 bridgehead atoms. The van der Waals surface area contributed by atoms with Gasteiger partial charge in [0.2, 0.25) is 5.91 Å². The molecule has 0 unspecified atom stereocenters. The first kappa shape index (κ1) is 16.2. The number of amides is 1. The highest BCUT2D eigenvalue weighted by Crippen LogP contribution is 2.17. The Hall–Kier alpha value is -1.66. The molecule has 6 heteroatoms. The molecule has 2 fully saturated rings. The molecule has 2 aliphatic rings. The van der Waals surface area contributed by atoms with E-state index in [0.29, 0.717) is 12.6 Å². The maximum atomic E-state index is 12.3. The van der Waals surface area contributed by atoms with Crippen molar-refractivity contribution in [3.8, 4) is 0 Å². The number of rotatable bonds is 4. The number of hydrogen-bond acceptors (Lipinski definition) is 5. The first-order chi connectivity index (χ1) is 11.2. The van der Waals surface area contributed by atoms with E-state index in [1.54, 1.807) is 0 Å². The molecule has 2 N–H and O–H groups in total. The molecule has 1 aromatic heterocycles. The van der Waals surface area contributed by atoms with Crippen molar-refractivity contribution in [2.24, 2.45) is 5.92 Å². The van der Waals surface area contributed by atoms with Gasteiger partial charge in [-0.1, -0.05) is 0 Å². The van der Waals surface area contributed by atoms with Gasteiger partial charge in [-0.2, -0.15) is 0 Å². The molecule has 126 valence electrons. The Morgan fingerprint density at radius 1 is 1.48 bits per heavy atom. The molecule has 1 amide bonds. The number of nitrogens with zero attached hydrogens (tertiary/aromatic N) is 2. The van der Waals surface area contributed by atoms with E-state index in [2.05, 4.69) is 33.5 Å². The monoisotopic (exact) mass is 318 g/mol. The summed E-state index contributed by atoms with van der Waals surface area (Å²) < 4.78 is 5.37. The fourth-order valence-electron chi connectivity index (χ4n) is 3.24. The number of aromatic nitrogens is 1. The van der Waals surface area contributed by atoms with E-state index in [-0.39, 0.29) is 11.8 Å². The second-order valence-corrected chi connectivity index (χ2v) is 6.42. The molecule has 2 atom stereocenters. The van der Waals surface area contributed by atoms with Crippen LogP contribution in [0.1, 0.15) is 25.3 Å². The average Bonchev–Trinajstić information content (AvgIpc) is 2.61. The zero-order valence-corrected chi connectivity index (χ0v) is 13.8. The van der Waals surface area contributed by atoms with Crippen LogP contribution in [0.4, 0.5) is 5.82 Å². The van der Waals surface area contributed by atoms with Crippen LogP contribution < -0.4 is 15.5 Å². The zero-order chi connectivity index (χ0) is 16.1. The topological polar surface area (TPSA) is 66.5 Å². The molecule has 0 aliphatic carbocycles. The van der Waals surface area contributed by atoms with E-state index in [9.17, 15) is 4.79 Å². The number of carbonyl (C=O) groups is 1. The van der Waals surface area contributed by atoms with Crippen molar-refractivity contribution in [1.29, 1.82) is 0 Å². The third-order valence-corrected chi connectivity index (χ3v) is 4.61. The Labute approximate surface area is 137 Å². The Morgan fingerprint density at radius 3 is 3.09 bits per heavy atom. The summed E-state index contributed by atoms with van der Waals surface area (Å²) in [6.07, 6.45) is 3.66. The largest absolute Gasteiger partial charge is 0.378 e. The van der Waals surface area contributed by atoms with E-state index in [1.807, 2.05) is 12.3 Å². The predicted octanol–water partition coefficient (Wildman–Crippen LogP) is 0.923. The Kier molecular flexibility index (Phi) is 5.46. The van der Waals surface area contributed by atoms with E-state index < -0.39 is 0 Å². The molecule has 1 aromatic rings. The third-order valence-electron chi connectivity index (χ3n) is 4.61. The number of hydrogen-bond donors (Lipinski definition) is 2. The molecular formula is C17H26N4O2. The summed E-state index contributed by atoms with van der Waals surface area (Å²) in [5.74, 6) is 1.27. The number of carbonyl (C=O) groups excluding carboxylic acids is 1. The van der Waals surface area contributed by atoms with Gasteiger partial charge in [-0.05, 0) is 44.0 Å². The van der Waals surface area contributed by atoms with E-state index in [1.165, 1.54) is 0 Å². The summed E-state index contributed by atoms with van der Waals surface area (Å²) in [6.45, 7) is 6.86. The summed E-state index contributed by atoms with van der Waals surface area (Å²) in [7, 11) is 0. The minimum Gasteiger partial charge on any atom is -0.378 e. The van der Waals surface area contributed by atoms with Crippen molar-refractivity contribution in [1.82, 2.24) is 15.6 Å². The van der Waals surface area contributed by atoms with Crippen LogP contribution >= 0.6 is 0 Å². The fourth-order valence-corrected chi connectivity index (χ4v) is 3.24. The Morgan fingerprint density at radius 2 is 2.30 bits per heavy atom. The molecule has 6 nitrogen and oxygen atoms in total. The highest BCUT2D eigenvalue weighted by Gasteiger charge is 2.24.